The van der Waals surface area contributed by atoms with Crippen molar-refractivity contribution in [2.24, 2.45) is 0 Å². The number of benzene rings is 1. The van der Waals surface area contributed by atoms with Gasteiger partial charge in [-0.05, 0) is 47.6 Å². The predicted octanol–water partition coefficient (Wildman–Crippen LogP) is 4.93. The Morgan fingerprint density at radius 2 is 1.94 bits per heavy atom. The zero-order valence-electron chi connectivity index (χ0n) is 10.1. The van der Waals surface area contributed by atoms with Crippen molar-refractivity contribution >= 4 is 49.8 Å². The molecule has 0 fully saturated rings. The molecular weight excluding hydrogens is 318 g/mol. The second-order valence-corrected chi connectivity index (χ2v) is 5.69. The van der Waals surface area contributed by atoms with Crippen LogP contribution in [0.2, 0.25) is 0 Å². The molecule has 0 N–H and O–H groups in total. The molecule has 0 aliphatic heterocycles. The van der Waals surface area contributed by atoms with E-state index in [1.807, 2.05) is 11.3 Å². The van der Waals surface area contributed by atoms with E-state index in [-0.39, 0.29) is 12.4 Å². The van der Waals surface area contributed by atoms with E-state index in [4.69, 9.17) is 0 Å². The molecule has 0 aliphatic rings. The topological polar surface area (TPSA) is 3.24 Å². The Labute approximate surface area is 121 Å². The lowest BCUT2D eigenvalue weighted by atomic mass is 10.1. The first-order valence-corrected chi connectivity index (χ1v) is 7.29. The molecule has 94 valence electrons. The van der Waals surface area contributed by atoms with Gasteiger partial charge in [0.2, 0.25) is 0 Å². The number of hydrogen-bond acceptors (Lipinski definition) is 2. The van der Waals surface area contributed by atoms with Gasteiger partial charge in [-0.1, -0.05) is 29.8 Å². The largest absolute Gasteiger partial charge is 0.300 e. The SMILES string of the molecule is CCN(CC)Cc1csc2ccc(Br)cc12.Cl. The Bertz CT molecular complexity index is 479. The van der Waals surface area contributed by atoms with Gasteiger partial charge in [-0.25, -0.2) is 0 Å². The maximum Gasteiger partial charge on any atom is 0.0346 e. The molecule has 1 aromatic heterocycles. The minimum atomic E-state index is 0. The molecule has 0 unspecified atom stereocenters. The Morgan fingerprint density at radius 1 is 1.24 bits per heavy atom. The molecule has 1 aromatic carbocycles. The number of thiophene rings is 1. The van der Waals surface area contributed by atoms with Crippen molar-refractivity contribution in [2.45, 2.75) is 20.4 Å². The summed E-state index contributed by atoms with van der Waals surface area (Å²) in [6, 6.07) is 6.53. The standard InChI is InChI=1S/C13H16BrNS.ClH/c1-3-15(4-2)8-10-9-16-13-6-5-11(14)7-12(10)13;/h5-7,9H,3-4,8H2,1-2H3;1H. The number of fused-ring (bicyclic) bond motifs is 1. The fourth-order valence-electron chi connectivity index (χ4n) is 1.86. The summed E-state index contributed by atoms with van der Waals surface area (Å²) >= 11 is 5.38. The van der Waals surface area contributed by atoms with Crippen LogP contribution in [0.5, 0.6) is 0 Å². The van der Waals surface area contributed by atoms with Crippen molar-refractivity contribution in [3.63, 3.8) is 0 Å². The smallest absolute Gasteiger partial charge is 0.0346 e. The van der Waals surface area contributed by atoms with Crippen LogP contribution in [-0.4, -0.2) is 18.0 Å². The number of hydrogen-bond donors (Lipinski definition) is 0. The highest BCUT2D eigenvalue weighted by Gasteiger charge is 2.07. The Kier molecular flexibility index (Phi) is 5.93. The zero-order valence-corrected chi connectivity index (χ0v) is 13.3. The van der Waals surface area contributed by atoms with E-state index in [1.165, 1.54) is 20.1 Å². The highest BCUT2D eigenvalue weighted by Crippen LogP contribution is 2.29. The average Bonchev–Trinajstić information content (AvgIpc) is 2.68. The zero-order chi connectivity index (χ0) is 11.5. The van der Waals surface area contributed by atoms with Gasteiger partial charge in [-0.15, -0.1) is 23.7 Å². The van der Waals surface area contributed by atoms with Gasteiger partial charge in [0.05, 0.1) is 0 Å². The molecule has 0 amide bonds. The van der Waals surface area contributed by atoms with Crippen LogP contribution in [0.4, 0.5) is 0 Å². The van der Waals surface area contributed by atoms with E-state index in [0.717, 1.165) is 19.6 Å². The quantitative estimate of drug-likeness (QED) is 0.766. The molecule has 0 saturated heterocycles. The van der Waals surface area contributed by atoms with Crippen LogP contribution < -0.4 is 0 Å². The first kappa shape index (κ1) is 15.0. The second-order valence-electron chi connectivity index (χ2n) is 3.86. The molecule has 4 heteroatoms. The van der Waals surface area contributed by atoms with Crippen LogP contribution in [0.25, 0.3) is 10.1 Å². The van der Waals surface area contributed by atoms with Crippen LogP contribution in [0.1, 0.15) is 19.4 Å². The van der Waals surface area contributed by atoms with Gasteiger partial charge in [-0.3, -0.25) is 4.90 Å². The van der Waals surface area contributed by atoms with Gasteiger partial charge in [0, 0.05) is 15.7 Å². The summed E-state index contributed by atoms with van der Waals surface area (Å²) < 4.78 is 2.55. The third-order valence-electron chi connectivity index (χ3n) is 2.90. The van der Waals surface area contributed by atoms with Gasteiger partial charge in [0.1, 0.15) is 0 Å². The Balaban J connectivity index is 0.00000144. The first-order chi connectivity index (χ1) is 7.74. The highest BCUT2D eigenvalue weighted by molar-refractivity contribution is 9.10. The third-order valence-corrected chi connectivity index (χ3v) is 4.41. The Hall–Kier alpha value is -0.0900. The maximum atomic E-state index is 3.54. The van der Waals surface area contributed by atoms with Gasteiger partial charge in [-0.2, -0.15) is 0 Å². The van der Waals surface area contributed by atoms with Crippen LogP contribution in [0.15, 0.2) is 28.1 Å². The van der Waals surface area contributed by atoms with E-state index in [1.54, 1.807) is 0 Å². The van der Waals surface area contributed by atoms with Crippen LogP contribution in [0.3, 0.4) is 0 Å². The molecule has 0 spiro atoms. The molecule has 2 rings (SSSR count). The number of nitrogens with zero attached hydrogens (tertiary/aromatic N) is 1. The molecule has 0 aliphatic carbocycles. The highest BCUT2D eigenvalue weighted by atomic mass is 79.9. The summed E-state index contributed by atoms with van der Waals surface area (Å²) in [5, 5.41) is 3.68. The van der Waals surface area contributed by atoms with E-state index >= 15 is 0 Å². The van der Waals surface area contributed by atoms with Crippen LogP contribution in [-0.2, 0) is 6.54 Å². The van der Waals surface area contributed by atoms with Crippen molar-refractivity contribution < 1.29 is 0 Å². The minimum Gasteiger partial charge on any atom is -0.300 e. The molecule has 0 bridgehead atoms. The van der Waals surface area contributed by atoms with E-state index < -0.39 is 0 Å². The summed E-state index contributed by atoms with van der Waals surface area (Å²) in [5.74, 6) is 0. The van der Waals surface area contributed by atoms with Gasteiger partial charge in [0.25, 0.3) is 0 Å². The van der Waals surface area contributed by atoms with Gasteiger partial charge < -0.3 is 0 Å². The summed E-state index contributed by atoms with van der Waals surface area (Å²) in [4.78, 5) is 2.45. The first-order valence-electron chi connectivity index (χ1n) is 5.62. The van der Waals surface area contributed by atoms with E-state index in [2.05, 4.69) is 58.3 Å². The molecule has 0 saturated carbocycles. The molecule has 0 atom stereocenters. The minimum absolute atomic E-state index is 0. The van der Waals surface area contributed by atoms with Crippen LogP contribution >= 0.6 is 39.7 Å². The summed E-state index contributed by atoms with van der Waals surface area (Å²) in [6.07, 6.45) is 0. The Morgan fingerprint density at radius 3 is 2.59 bits per heavy atom. The fraction of sp³-hybridized carbons (Fsp3) is 0.385. The molecule has 0 radical (unpaired) electrons. The predicted molar refractivity (Wildman–Crippen MR) is 83.4 cm³/mol. The fourth-order valence-corrected chi connectivity index (χ4v) is 3.16. The van der Waals surface area contributed by atoms with E-state index in [0.29, 0.717) is 0 Å². The van der Waals surface area contributed by atoms with Crippen molar-refractivity contribution in [1.82, 2.24) is 4.90 Å². The molecule has 1 nitrogen and oxygen atoms in total. The molecule has 1 heterocycles. The number of rotatable bonds is 4. The number of halogens is 2. The average molecular weight is 335 g/mol. The van der Waals surface area contributed by atoms with Gasteiger partial charge >= 0.3 is 0 Å². The van der Waals surface area contributed by atoms with Gasteiger partial charge in [0.15, 0.2) is 0 Å². The normalized spacial score (nSPS) is 10.8. The van der Waals surface area contributed by atoms with E-state index in [9.17, 15) is 0 Å². The van der Waals surface area contributed by atoms with Crippen molar-refractivity contribution in [3.8, 4) is 0 Å². The molecular formula is C13H17BrClNS. The molecule has 17 heavy (non-hydrogen) atoms. The summed E-state index contributed by atoms with van der Waals surface area (Å²) in [6.45, 7) is 7.72. The van der Waals surface area contributed by atoms with Crippen LogP contribution in [0, 0.1) is 0 Å². The third kappa shape index (κ3) is 3.44. The van der Waals surface area contributed by atoms with Crippen molar-refractivity contribution in [2.75, 3.05) is 13.1 Å². The summed E-state index contributed by atoms with van der Waals surface area (Å²) in [7, 11) is 0. The lowest BCUT2D eigenvalue weighted by Gasteiger charge is -2.17. The molecule has 2 aromatic rings. The van der Waals surface area contributed by atoms with Crippen molar-refractivity contribution in [3.05, 3.63) is 33.6 Å². The maximum absolute atomic E-state index is 3.54. The monoisotopic (exact) mass is 333 g/mol. The second kappa shape index (κ2) is 6.74. The summed E-state index contributed by atoms with van der Waals surface area (Å²) in [5.41, 5.74) is 1.45. The van der Waals surface area contributed by atoms with Crippen molar-refractivity contribution in [1.29, 1.82) is 0 Å². The lowest BCUT2D eigenvalue weighted by molar-refractivity contribution is 0.297. The lowest BCUT2D eigenvalue weighted by Crippen LogP contribution is -2.21.